The van der Waals surface area contributed by atoms with Crippen LogP contribution in [0.2, 0.25) is 0 Å². The molecule has 0 radical (unpaired) electrons. The van der Waals surface area contributed by atoms with Gasteiger partial charge in [-0.3, -0.25) is 19.3 Å². The normalized spacial score (nSPS) is 24.7. The average Bonchev–Trinajstić information content (AvgIpc) is 3.34. The number of nitrogens with one attached hydrogen (secondary N) is 1. The van der Waals surface area contributed by atoms with Gasteiger partial charge in [0.2, 0.25) is 5.91 Å². The van der Waals surface area contributed by atoms with Crippen molar-refractivity contribution in [3.8, 4) is 0 Å². The monoisotopic (exact) mass is 412 g/mol. The van der Waals surface area contributed by atoms with E-state index in [-0.39, 0.29) is 12.0 Å². The Morgan fingerprint density at radius 2 is 1.63 bits per heavy atom. The summed E-state index contributed by atoms with van der Waals surface area (Å²) < 4.78 is 0. The second-order valence-corrected chi connectivity index (χ2v) is 8.47. The van der Waals surface area contributed by atoms with Crippen molar-refractivity contribution in [3.63, 3.8) is 0 Å². The van der Waals surface area contributed by atoms with Crippen LogP contribution in [0.15, 0.2) is 24.3 Å². The van der Waals surface area contributed by atoms with Crippen LogP contribution in [0.4, 0.5) is 16.2 Å². The van der Waals surface area contributed by atoms with Crippen LogP contribution in [0.3, 0.4) is 0 Å². The first-order valence-corrected chi connectivity index (χ1v) is 10.8. The van der Waals surface area contributed by atoms with Crippen LogP contribution in [0.25, 0.3) is 0 Å². The van der Waals surface area contributed by atoms with Gasteiger partial charge >= 0.3 is 17.8 Å². The first-order chi connectivity index (χ1) is 14.5. The fourth-order valence-corrected chi connectivity index (χ4v) is 4.71. The van der Waals surface area contributed by atoms with E-state index in [0.29, 0.717) is 12.1 Å². The van der Waals surface area contributed by atoms with Gasteiger partial charge in [0.1, 0.15) is 6.54 Å². The van der Waals surface area contributed by atoms with Crippen molar-refractivity contribution in [2.24, 2.45) is 5.92 Å². The second kappa shape index (κ2) is 8.45. The Balaban J connectivity index is 1.38. The molecule has 8 nitrogen and oxygen atoms in total. The van der Waals surface area contributed by atoms with Crippen LogP contribution in [0.1, 0.15) is 45.4 Å². The van der Waals surface area contributed by atoms with Crippen molar-refractivity contribution in [3.05, 3.63) is 24.3 Å². The Morgan fingerprint density at radius 3 is 2.30 bits per heavy atom. The van der Waals surface area contributed by atoms with E-state index in [9.17, 15) is 19.2 Å². The molecule has 1 aromatic carbocycles. The summed E-state index contributed by atoms with van der Waals surface area (Å²) in [5.74, 6) is -2.09. The zero-order valence-corrected chi connectivity index (χ0v) is 17.3. The number of benzene rings is 1. The van der Waals surface area contributed by atoms with Crippen molar-refractivity contribution in [1.82, 2.24) is 9.80 Å². The molecule has 3 aliphatic rings. The van der Waals surface area contributed by atoms with E-state index in [1.54, 1.807) is 12.1 Å². The van der Waals surface area contributed by atoms with Crippen LogP contribution < -0.4 is 10.2 Å². The molecule has 0 bridgehead atoms. The minimum absolute atomic E-state index is 0.155. The minimum Gasteiger partial charge on any atom is -0.372 e. The van der Waals surface area contributed by atoms with Crippen molar-refractivity contribution < 1.29 is 19.2 Å². The third-order valence-electron chi connectivity index (χ3n) is 6.41. The second-order valence-electron chi connectivity index (χ2n) is 8.47. The van der Waals surface area contributed by atoms with Crippen LogP contribution >= 0.6 is 0 Å². The largest absolute Gasteiger partial charge is 0.372 e. The summed E-state index contributed by atoms with van der Waals surface area (Å²) in [6, 6.07) is 6.56. The van der Waals surface area contributed by atoms with E-state index in [1.165, 1.54) is 12.8 Å². The van der Waals surface area contributed by atoms with Gasteiger partial charge in [-0.2, -0.15) is 0 Å². The van der Waals surface area contributed by atoms with E-state index in [2.05, 4.69) is 10.2 Å². The van der Waals surface area contributed by atoms with E-state index in [4.69, 9.17) is 0 Å². The topological polar surface area (TPSA) is 90.0 Å². The van der Waals surface area contributed by atoms with Crippen molar-refractivity contribution >= 4 is 35.1 Å². The first kappa shape index (κ1) is 20.4. The number of imide groups is 2. The van der Waals surface area contributed by atoms with Gasteiger partial charge in [-0.1, -0.05) is 19.8 Å². The van der Waals surface area contributed by atoms with Crippen molar-refractivity contribution in [2.45, 2.75) is 51.5 Å². The van der Waals surface area contributed by atoms with Gasteiger partial charge in [0.25, 0.3) is 0 Å². The summed E-state index contributed by atoms with van der Waals surface area (Å²) in [6.07, 6.45) is 5.98. The van der Waals surface area contributed by atoms with Crippen molar-refractivity contribution in [1.29, 1.82) is 0 Å². The lowest BCUT2D eigenvalue weighted by molar-refractivity contribution is -0.145. The Hall–Kier alpha value is -2.90. The quantitative estimate of drug-likeness (QED) is 0.593. The van der Waals surface area contributed by atoms with Gasteiger partial charge in [0, 0.05) is 30.5 Å². The Morgan fingerprint density at radius 1 is 0.967 bits per heavy atom. The van der Waals surface area contributed by atoms with Crippen LogP contribution in [-0.4, -0.2) is 59.2 Å². The zero-order chi connectivity index (χ0) is 21.3. The maximum absolute atomic E-state index is 12.8. The van der Waals surface area contributed by atoms with E-state index in [1.807, 2.05) is 19.1 Å². The molecule has 30 heavy (non-hydrogen) atoms. The maximum Gasteiger partial charge on any atom is 0.334 e. The fraction of sp³-hybridized carbons (Fsp3) is 0.545. The molecule has 1 saturated carbocycles. The molecule has 1 aliphatic carbocycles. The Labute approximate surface area is 176 Å². The lowest BCUT2D eigenvalue weighted by atomic mass is 9.85. The standard InChI is InChI=1S/C22H28N4O4/c1-15-6-2-3-7-18(15)26-21(29)20(28)25(22(26)30)14-19(27)23-16-8-10-17(11-9-16)24-12-4-5-13-24/h8-11,15,18H,2-7,12-14H2,1H3,(H,23,27)/t15-,18+/m0/s1. The Bertz CT molecular complexity index is 847. The van der Waals surface area contributed by atoms with Crippen molar-refractivity contribution in [2.75, 3.05) is 29.9 Å². The smallest absolute Gasteiger partial charge is 0.334 e. The fourth-order valence-electron chi connectivity index (χ4n) is 4.71. The molecule has 3 fully saturated rings. The first-order valence-electron chi connectivity index (χ1n) is 10.8. The number of rotatable bonds is 5. The number of hydrogen-bond donors (Lipinski definition) is 1. The van der Waals surface area contributed by atoms with Gasteiger partial charge in [-0.05, 0) is 55.9 Å². The SMILES string of the molecule is C[C@H]1CCCC[C@H]1N1C(=O)C(=O)N(CC(=O)Nc2ccc(N3CCCC3)cc2)C1=O. The van der Waals surface area contributed by atoms with E-state index in [0.717, 1.165) is 47.8 Å². The average molecular weight is 412 g/mol. The molecule has 8 heteroatoms. The maximum atomic E-state index is 12.8. The number of hydrogen-bond acceptors (Lipinski definition) is 5. The summed E-state index contributed by atoms with van der Waals surface area (Å²) in [5, 5.41) is 2.71. The molecule has 160 valence electrons. The highest BCUT2D eigenvalue weighted by molar-refractivity contribution is 6.45. The number of carbonyl (C=O) groups excluding carboxylic acids is 4. The molecular weight excluding hydrogens is 384 g/mol. The number of nitrogens with zero attached hydrogens (tertiary/aromatic N) is 3. The summed E-state index contributed by atoms with van der Waals surface area (Å²) in [6.45, 7) is 3.61. The summed E-state index contributed by atoms with van der Waals surface area (Å²) >= 11 is 0. The number of urea groups is 1. The summed E-state index contributed by atoms with van der Waals surface area (Å²) in [5.41, 5.74) is 1.70. The molecule has 1 N–H and O–H groups in total. The molecule has 0 unspecified atom stereocenters. The molecule has 2 heterocycles. The molecule has 5 amide bonds. The third kappa shape index (κ3) is 3.91. The molecule has 2 aliphatic heterocycles. The highest BCUT2D eigenvalue weighted by Gasteiger charge is 2.49. The van der Waals surface area contributed by atoms with E-state index < -0.39 is 30.3 Å². The van der Waals surface area contributed by atoms with Crippen LogP contribution in [0.5, 0.6) is 0 Å². The summed E-state index contributed by atoms with van der Waals surface area (Å²) in [7, 11) is 0. The molecule has 2 atom stereocenters. The molecule has 4 rings (SSSR count). The van der Waals surface area contributed by atoms with Gasteiger partial charge in [-0.25, -0.2) is 9.69 Å². The van der Waals surface area contributed by atoms with Gasteiger partial charge in [-0.15, -0.1) is 0 Å². The van der Waals surface area contributed by atoms with Crippen LogP contribution in [0, 0.1) is 5.92 Å². The molecule has 2 saturated heterocycles. The molecular formula is C22H28N4O4. The number of anilines is 2. The predicted octanol–water partition coefficient (Wildman–Crippen LogP) is 2.59. The minimum atomic E-state index is -0.919. The van der Waals surface area contributed by atoms with Gasteiger partial charge in [0.15, 0.2) is 0 Å². The highest BCUT2D eigenvalue weighted by atomic mass is 16.2. The molecule has 0 aromatic heterocycles. The zero-order valence-electron chi connectivity index (χ0n) is 17.3. The lowest BCUT2D eigenvalue weighted by Gasteiger charge is -2.34. The highest BCUT2D eigenvalue weighted by Crippen LogP contribution is 2.31. The number of amides is 5. The molecule has 0 spiro atoms. The Kier molecular flexibility index (Phi) is 5.74. The van der Waals surface area contributed by atoms with Crippen LogP contribution in [-0.2, 0) is 14.4 Å². The number of carbonyl (C=O) groups is 4. The lowest BCUT2D eigenvalue weighted by Crippen LogP contribution is -2.46. The summed E-state index contributed by atoms with van der Waals surface area (Å²) in [4.78, 5) is 54.2. The van der Waals surface area contributed by atoms with E-state index >= 15 is 0 Å². The predicted molar refractivity (Wildman–Crippen MR) is 112 cm³/mol. The van der Waals surface area contributed by atoms with Gasteiger partial charge < -0.3 is 10.2 Å². The third-order valence-corrected chi connectivity index (χ3v) is 6.41. The molecule has 1 aromatic rings. The van der Waals surface area contributed by atoms with Gasteiger partial charge in [0.05, 0.1) is 0 Å².